The van der Waals surface area contributed by atoms with Gasteiger partial charge in [0, 0.05) is 13.1 Å². The van der Waals surface area contributed by atoms with Crippen LogP contribution in [0.1, 0.15) is 17.3 Å². The van der Waals surface area contributed by atoms with Crippen LogP contribution in [-0.2, 0) is 0 Å². The summed E-state index contributed by atoms with van der Waals surface area (Å²) in [5, 5.41) is 1.10. The van der Waals surface area contributed by atoms with Gasteiger partial charge in [-0.05, 0) is 51.4 Å². The maximum absolute atomic E-state index is 13.2. The molecule has 1 amide bonds. The van der Waals surface area contributed by atoms with Crippen LogP contribution < -0.4 is 9.64 Å². The highest BCUT2D eigenvalue weighted by molar-refractivity contribution is 7.22. The number of aromatic nitrogens is 1. The van der Waals surface area contributed by atoms with Crippen LogP contribution >= 0.6 is 35.3 Å². The molecular formula is C20H23Cl2N3O2S. The van der Waals surface area contributed by atoms with E-state index in [1.165, 1.54) is 11.3 Å². The van der Waals surface area contributed by atoms with E-state index >= 15 is 0 Å². The van der Waals surface area contributed by atoms with Crippen LogP contribution in [0.5, 0.6) is 5.75 Å². The number of anilines is 1. The predicted octanol–water partition coefficient (Wildman–Crippen LogP) is 4.98. The second kappa shape index (κ2) is 10.1. The average molecular weight is 440 g/mol. The van der Waals surface area contributed by atoms with Crippen LogP contribution in [0.2, 0.25) is 5.02 Å². The zero-order chi connectivity index (χ0) is 19.4. The average Bonchev–Trinajstić information content (AvgIpc) is 3.05. The number of thiazole rings is 1. The van der Waals surface area contributed by atoms with E-state index in [4.69, 9.17) is 16.3 Å². The molecule has 0 aliphatic heterocycles. The standard InChI is InChI=1S/C20H22ClN3O2S.ClH/c1-4-26-14-9-10-17-18(13-14)27-20(22-17)24(12-11-23(2)3)19(25)15-7-5-6-8-16(15)21;/h5-10,13H,4,11-12H2,1-3H3;1H. The van der Waals surface area contributed by atoms with E-state index in [-0.39, 0.29) is 18.3 Å². The van der Waals surface area contributed by atoms with Gasteiger partial charge >= 0.3 is 0 Å². The fourth-order valence-corrected chi connectivity index (χ4v) is 3.86. The molecule has 28 heavy (non-hydrogen) atoms. The normalized spacial score (nSPS) is 10.8. The van der Waals surface area contributed by atoms with Crippen molar-refractivity contribution in [3.8, 4) is 5.75 Å². The Bertz CT molecular complexity index is 946. The fraction of sp³-hybridized carbons (Fsp3) is 0.300. The van der Waals surface area contributed by atoms with Gasteiger partial charge in [-0.2, -0.15) is 0 Å². The largest absolute Gasteiger partial charge is 0.494 e. The minimum Gasteiger partial charge on any atom is -0.494 e. The summed E-state index contributed by atoms with van der Waals surface area (Å²) in [6.45, 7) is 3.80. The van der Waals surface area contributed by atoms with E-state index in [1.807, 2.05) is 56.3 Å². The van der Waals surface area contributed by atoms with Gasteiger partial charge in [0.25, 0.3) is 5.91 Å². The summed E-state index contributed by atoms with van der Waals surface area (Å²) >= 11 is 7.73. The number of amides is 1. The van der Waals surface area contributed by atoms with Gasteiger partial charge in [-0.1, -0.05) is 35.1 Å². The van der Waals surface area contributed by atoms with E-state index < -0.39 is 0 Å². The Morgan fingerprint density at radius 1 is 1.18 bits per heavy atom. The molecule has 0 aliphatic rings. The summed E-state index contributed by atoms with van der Waals surface area (Å²) in [6, 6.07) is 12.9. The molecule has 0 fully saturated rings. The number of rotatable bonds is 7. The maximum atomic E-state index is 13.2. The number of likely N-dealkylation sites (N-methyl/N-ethyl adjacent to an activating group) is 1. The Kier molecular flexibility index (Phi) is 8.07. The van der Waals surface area contributed by atoms with Crippen molar-refractivity contribution >= 4 is 56.6 Å². The molecule has 150 valence electrons. The number of carbonyl (C=O) groups is 1. The number of fused-ring (bicyclic) bond motifs is 1. The van der Waals surface area contributed by atoms with Crippen LogP contribution in [0.15, 0.2) is 42.5 Å². The molecule has 3 aromatic rings. The Morgan fingerprint density at radius 2 is 1.93 bits per heavy atom. The second-order valence-electron chi connectivity index (χ2n) is 6.30. The molecule has 5 nitrogen and oxygen atoms in total. The monoisotopic (exact) mass is 439 g/mol. The first kappa shape index (κ1) is 22.4. The van der Waals surface area contributed by atoms with Crippen LogP contribution in [0, 0.1) is 0 Å². The number of hydrogen-bond donors (Lipinski definition) is 0. The Morgan fingerprint density at radius 3 is 2.61 bits per heavy atom. The quantitative estimate of drug-likeness (QED) is 0.520. The Balaban J connectivity index is 0.00000280. The van der Waals surface area contributed by atoms with Crippen LogP contribution in [0.4, 0.5) is 5.13 Å². The molecule has 0 bridgehead atoms. The lowest BCUT2D eigenvalue weighted by Gasteiger charge is -2.22. The third-order valence-corrected chi connectivity index (χ3v) is 5.38. The van der Waals surface area contributed by atoms with E-state index in [1.54, 1.807) is 17.0 Å². The van der Waals surface area contributed by atoms with Crippen molar-refractivity contribution in [1.82, 2.24) is 9.88 Å². The Labute approximate surface area is 180 Å². The molecule has 0 saturated heterocycles. The third-order valence-electron chi connectivity index (χ3n) is 4.01. The SMILES string of the molecule is CCOc1ccc2nc(N(CCN(C)C)C(=O)c3ccccc3Cl)sc2c1.Cl. The summed E-state index contributed by atoms with van der Waals surface area (Å²) in [5.41, 5.74) is 1.33. The van der Waals surface area contributed by atoms with Gasteiger partial charge in [0.15, 0.2) is 5.13 Å². The van der Waals surface area contributed by atoms with E-state index in [9.17, 15) is 4.79 Å². The summed E-state index contributed by atoms with van der Waals surface area (Å²) in [6.07, 6.45) is 0. The van der Waals surface area contributed by atoms with Crippen LogP contribution in [-0.4, -0.2) is 49.6 Å². The number of carbonyl (C=O) groups excluding carboxylic acids is 1. The summed E-state index contributed by atoms with van der Waals surface area (Å²) < 4.78 is 6.55. The van der Waals surface area contributed by atoms with Gasteiger partial charge in [-0.25, -0.2) is 4.98 Å². The molecule has 0 radical (unpaired) electrons. The molecular weight excluding hydrogens is 417 g/mol. The van der Waals surface area contributed by atoms with E-state index in [0.717, 1.165) is 22.5 Å². The third kappa shape index (κ3) is 5.14. The number of ether oxygens (including phenoxy) is 1. The molecule has 0 atom stereocenters. The molecule has 1 aromatic heterocycles. The molecule has 0 N–H and O–H groups in total. The molecule has 0 saturated carbocycles. The molecule has 2 aromatic carbocycles. The molecule has 1 heterocycles. The number of halogens is 2. The lowest BCUT2D eigenvalue weighted by atomic mass is 10.2. The van der Waals surface area contributed by atoms with Crippen molar-refractivity contribution in [2.75, 3.05) is 38.7 Å². The predicted molar refractivity (Wildman–Crippen MR) is 120 cm³/mol. The highest BCUT2D eigenvalue weighted by atomic mass is 35.5. The molecule has 0 spiro atoms. The van der Waals surface area contributed by atoms with Crippen molar-refractivity contribution < 1.29 is 9.53 Å². The number of nitrogens with zero attached hydrogens (tertiary/aromatic N) is 3. The lowest BCUT2D eigenvalue weighted by Crippen LogP contribution is -2.36. The number of hydrogen-bond acceptors (Lipinski definition) is 5. The van der Waals surface area contributed by atoms with Gasteiger partial charge in [0.1, 0.15) is 5.75 Å². The molecule has 0 aliphatic carbocycles. The lowest BCUT2D eigenvalue weighted by molar-refractivity contribution is 0.0985. The minimum atomic E-state index is -0.147. The molecule has 0 unspecified atom stereocenters. The smallest absolute Gasteiger partial charge is 0.261 e. The van der Waals surface area contributed by atoms with Crippen LogP contribution in [0.3, 0.4) is 0 Å². The van der Waals surface area contributed by atoms with Gasteiger partial charge in [-0.3, -0.25) is 9.69 Å². The second-order valence-corrected chi connectivity index (χ2v) is 7.72. The highest BCUT2D eigenvalue weighted by Gasteiger charge is 2.23. The van der Waals surface area contributed by atoms with E-state index in [2.05, 4.69) is 4.98 Å². The van der Waals surface area contributed by atoms with Crippen molar-refractivity contribution in [3.05, 3.63) is 53.1 Å². The zero-order valence-corrected chi connectivity index (χ0v) is 18.4. The highest BCUT2D eigenvalue weighted by Crippen LogP contribution is 2.32. The molecule has 8 heteroatoms. The zero-order valence-electron chi connectivity index (χ0n) is 16.0. The van der Waals surface area contributed by atoms with Crippen molar-refractivity contribution in [2.45, 2.75) is 6.92 Å². The fourth-order valence-electron chi connectivity index (χ4n) is 2.63. The first-order valence-corrected chi connectivity index (χ1v) is 9.93. The van der Waals surface area contributed by atoms with Crippen molar-refractivity contribution in [3.63, 3.8) is 0 Å². The van der Waals surface area contributed by atoms with Crippen LogP contribution in [0.25, 0.3) is 10.2 Å². The van der Waals surface area contributed by atoms with Gasteiger partial charge in [-0.15, -0.1) is 12.4 Å². The first-order chi connectivity index (χ1) is 13.0. The Hall–Kier alpha value is -1.86. The first-order valence-electron chi connectivity index (χ1n) is 8.74. The summed E-state index contributed by atoms with van der Waals surface area (Å²) in [7, 11) is 3.95. The van der Waals surface area contributed by atoms with Gasteiger partial charge in [0.2, 0.25) is 0 Å². The summed E-state index contributed by atoms with van der Waals surface area (Å²) in [4.78, 5) is 21.6. The topological polar surface area (TPSA) is 45.7 Å². The minimum absolute atomic E-state index is 0. The summed E-state index contributed by atoms with van der Waals surface area (Å²) in [5.74, 6) is 0.656. The maximum Gasteiger partial charge on any atom is 0.261 e. The number of benzene rings is 2. The molecule has 3 rings (SSSR count). The van der Waals surface area contributed by atoms with E-state index in [0.29, 0.717) is 28.9 Å². The van der Waals surface area contributed by atoms with Gasteiger partial charge < -0.3 is 9.64 Å². The van der Waals surface area contributed by atoms with Crippen molar-refractivity contribution in [2.24, 2.45) is 0 Å². The van der Waals surface area contributed by atoms with Crippen molar-refractivity contribution in [1.29, 1.82) is 0 Å². The van der Waals surface area contributed by atoms with Gasteiger partial charge in [0.05, 0.1) is 27.4 Å².